The van der Waals surface area contributed by atoms with Crippen molar-refractivity contribution in [3.63, 3.8) is 0 Å². The van der Waals surface area contributed by atoms with Gasteiger partial charge in [0.25, 0.3) is 0 Å². The molecule has 46 heavy (non-hydrogen) atoms. The smallest absolute Gasteiger partial charge is 0.155 e. The van der Waals surface area contributed by atoms with Crippen molar-refractivity contribution in [1.82, 2.24) is 9.97 Å². The number of aliphatic hydroxyl groups is 2. The van der Waals surface area contributed by atoms with Crippen LogP contribution in [0.5, 0.6) is 0 Å². The third-order valence-corrected chi connectivity index (χ3v) is 6.21. The van der Waals surface area contributed by atoms with Gasteiger partial charge in [0.15, 0.2) is 11.6 Å². The van der Waals surface area contributed by atoms with Crippen LogP contribution in [0.2, 0.25) is 0 Å². The predicted molar refractivity (Wildman–Crippen MR) is 184 cm³/mol. The largest absolute Gasteiger partial charge is 0.512 e. The first-order valence-corrected chi connectivity index (χ1v) is 14.9. The van der Waals surface area contributed by atoms with Crippen LogP contribution in [0, 0.1) is 12.1 Å². The summed E-state index contributed by atoms with van der Waals surface area (Å²) in [6.45, 7) is 5.70. The minimum Gasteiger partial charge on any atom is -0.512 e. The number of carbonyl (C=O) groups excluding carboxylic acids is 2. The van der Waals surface area contributed by atoms with Gasteiger partial charge in [0, 0.05) is 64.8 Å². The Kier molecular flexibility index (Phi) is 21.7. The van der Waals surface area contributed by atoms with E-state index >= 15 is 0 Å². The molecular formula is C36H32Br2Ir2N2O4-2. The molecular weight excluding hydrogens is 1070 g/mol. The summed E-state index contributed by atoms with van der Waals surface area (Å²) in [7, 11) is 0. The zero-order valence-electron chi connectivity index (χ0n) is 25.4. The van der Waals surface area contributed by atoms with E-state index in [0.717, 1.165) is 36.8 Å². The van der Waals surface area contributed by atoms with E-state index in [2.05, 4.69) is 66.1 Å². The Morgan fingerprint density at radius 2 is 1.20 bits per heavy atom. The molecule has 0 amide bonds. The molecule has 0 unspecified atom stereocenters. The maximum absolute atomic E-state index is 10.0. The number of pyridine rings is 2. The minimum atomic E-state index is -0.125. The number of rotatable bonds is 4. The van der Waals surface area contributed by atoms with E-state index in [4.69, 9.17) is 10.2 Å². The van der Waals surface area contributed by atoms with Crippen LogP contribution in [0.15, 0.2) is 130 Å². The van der Waals surface area contributed by atoms with E-state index in [-0.39, 0.29) is 63.3 Å². The number of hydrogen-bond acceptors (Lipinski definition) is 6. The summed E-state index contributed by atoms with van der Waals surface area (Å²) >= 11 is 6.89. The zero-order valence-corrected chi connectivity index (χ0v) is 33.4. The molecule has 5 aromatic rings. The number of fused-ring (bicyclic) bond motifs is 1. The fourth-order valence-corrected chi connectivity index (χ4v) is 4.33. The van der Waals surface area contributed by atoms with Crippen molar-refractivity contribution >= 4 is 54.2 Å². The minimum absolute atomic E-state index is 0. The van der Waals surface area contributed by atoms with Crippen LogP contribution in [0.3, 0.4) is 0 Å². The van der Waals surface area contributed by atoms with Crippen molar-refractivity contribution in [2.24, 2.45) is 0 Å². The van der Waals surface area contributed by atoms with Gasteiger partial charge in [0.2, 0.25) is 0 Å². The molecule has 0 fully saturated rings. The van der Waals surface area contributed by atoms with Gasteiger partial charge in [-0.15, -0.1) is 59.7 Å². The van der Waals surface area contributed by atoms with Crippen molar-refractivity contribution in [2.45, 2.75) is 27.7 Å². The first-order chi connectivity index (χ1) is 21.0. The van der Waals surface area contributed by atoms with Crippen molar-refractivity contribution in [2.75, 3.05) is 0 Å². The van der Waals surface area contributed by atoms with Crippen molar-refractivity contribution < 1.29 is 60.0 Å². The van der Waals surface area contributed by atoms with E-state index in [1.54, 1.807) is 6.20 Å². The molecule has 2 heterocycles. The Morgan fingerprint density at radius 1 is 0.674 bits per heavy atom. The molecule has 2 radical (unpaired) electrons. The first kappa shape index (κ1) is 42.9. The SMILES string of the molecule is Brc1cc[c-]c(-c2ccccn2)c1.Brc1cc[c-]c(-c2nccc3ccccc23)c1.CC(=O)C=C(C)O.CC(=O)C=C(C)O.[Ir].[Ir]. The molecule has 0 saturated heterocycles. The van der Waals surface area contributed by atoms with Crippen LogP contribution in [0.25, 0.3) is 33.3 Å². The van der Waals surface area contributed by atoms with Crippen molar-refractivity contribution in [3.8, 4) is 22.5 Å². The van der Waals surface area contributed by atoms with Crippen LogP contribution >= 0.6 is 31.9 Å². The van der Waals surface area contributed by atoms with Gasteiger partial charge in [-0.05, 0) is 62.0 Å². The number of ketones is 2. The first-order valence-electron chi connectivity index (χ1n) is 13.3. The van der Waals surface area contributed by atoms with E-state index in [1.807, 2.05) is 79.0 Å². The molecule has 0 aliphatic carbocycles. The summed E-state index contributed by atoms with van der Waals surface area (Å²) < 4.78 is 2.09. The molecule has 0 atom stereocenters. The molecule has 5 rings (SSSR count). The Balaban J connectivity index is 0.000000624. The Labute approximate surface area is 314 Å². The average molecular weight is 1100 g/mol. The molecule has 2 N–H and O–H groups in total. The number of aromatic nitrogens is 2. The van der Waals surface area contributed by atoms with E-state index in [0.29, 0.717) is 0 Å². The second-order valence-electron chi connectivity index (χ2n) is 9.23. The monoisotopic (exact) mass is 1100 g/mol. The van der Waals surface area contributed by atoms with Gasteiger partial charge in [0.1, 0.15) is 0 Å². The number of hydrogen-bond donors (Lipinski definition) is 2. The molecule has 244 valence electrons. The summed E-state index contributed by atoms with van der Waals surface area (Å²) in [5.41, 5.74) is 3.94. The van der Waals surface area contributed by atoms with Crippen LogP contribution in [-0.2, 0) is 49.8 Å². The molecule has 0 aliphatic heterocycles. The summed E-state index contributed by atoms with van der Waals surface area (Å²) in [6, 6.07) is 34.2. The molecule has 2 aromatic heterocycles. The molecule has 0 bridgehead atoms. The molecule has 0 spiro atoms. The van der Waals surface area contributed by atoms with Gasteiger partial charge in [-0.25, -0.2) is 0 Å². The van der Waals surface area contributed by atoms with E-state index in [1.165, 1.54) is 45.2 Å². The average Bonchev–Trinajstić information content (AvgIpc) is 2.97. The van der Waals surface area contributed by atoms with E-state index in [9.17, 15) is 9.59 Å². The molecule has 0 aliphatic rings. The number of halogens is 2. The fourth-order valence-electron chi connectivity index (χ4n) is 3.61. The van der Waals surface area contributed by atoms with E-state index < -0.39 is 0 Å². The van der Waals surface area contributed by atoms with Crippen LogP contribution < -0.4 is 0 Å². The number of nitrogens with zero attached hydrogens (tertiary/aromatic N) is 2. The summed E-state index contributed by atoms with van der Waals surface area (Å²) in [6.07, 6.45) is 5.95. The Hall–Kier alpha value is -3.10. The van der Waals surface area contributed by atoms with Gasteiger partial charge in [0.05, 0.1) is 11.5 Å². The topological polar surface area (TPSA) is 100 Å². The third kappa shape index (κ3) is 17.0. The molecule has 3 aromatic carbocycles. The van der Waals surface area contributed by atoms with Gasteiger partial charge >= 0.3 is 0 Å². The summed E-state index contributed by atoms with van der Waals surface area (Å²) in [5.74, 6) is -0.125. The number of carbonyl (C=O) groups is 2. The molecule has 0 saturated carbocycles. The maximum Gasteiger partial charge on any atom is 0.155 e. The van der Waals surface area contributed by atoms with Gasteiger partial charge in [-0.3, -0.25) is 9.59 Å². The Bertz CT molecular complexity index is 1710. The van der Waals surface area contributed by atoms with Gasteiger partial charge < -0.3 is 20.2 Å². The normalized spacial score (nSPS) is 10.2. The quantitative estimate of drug-likeness (QED) is 0.106. The number of benzene rings is 3. The molecule has 10 heteroatoms. The van der Waals surface area contributed by atoms with Crippen LogP contribution in [0.4, 0.5) is 0 Å². The Morgan fingerprint density at radius 3 is 1.67 bits per heavy atom. The van der Waals surface area contributed by atoms with Gasteiger partial charge in [-0.1, -0.05) is 77.2 Å². The standard InChI is InChI=1S/C15H9BrN.C11H7BrN.2C5H8O2.2Ir/c16-13-6-3-5-12(10-13)15-14-7-2-1-4-11(14)8-9-17-15;12-10-5-3-4-9(8-10)11-6-1-2-7-13-11;2*1-4(6)3-5(2)7;;/h1-4,6-10H;1-3,5-8H;2*3,6H,1-2H3;;/q2*-1;;;;. The molecule has 6 nitrogen and oxygen atoms in total. The third-order valence-electron chi connectivity index (χ3n) is 5.22. The number of aliphatic hydroxyl groups excluding tert-OH is 2. The summed E-state index contributed by atoms with van der Waals surface area (Å²) in [4.78, 5) is 28.7. The fraction of sp³-hybridized carbons (Fsp3) is 0.111. The van der Waals surface area contributed by atoms with Gasteiger partial charge in [-0.2, -0.15) is 0 Å². The van der Waals surface area contributed by atoms with Crippen LogP contribution in [0.1, 0.15) is 27.7 Å². The second kappa shape index (κ2) is 23.3. The zero-order chi connectivity index (χ0) is 32.5. The van der Waals surface area contributed by atoms with Crippen LogP contribution in [-0.4, -0.2) is 31.7 Å². The summed E-state index contributed by atoms with van der Waals surface area (Å²) in [5, 5.41) is 19.1. The second-order valence-corrected chi connectivity index (χ2v) is 11.1. The van der Waals surface area contributed by atoms with Crippen molar-refractivity contribution in [1.29, 1.82) is 0 Å². The van der Waals surface area contributed by atoms with Crippen molar-refractivity contribution in [3.05, 3.63) is 142 Å². The maximum atomic E-state index is 10.0. The number of allylic oxidation sites excluding steroid dienone is 4. The predicted octanol–water partition coefficient (Wildman–Crippen LogP) is 9.85.